The number of nitriles is 1. The lowest BCUT2D eigenvalue weighted by Crippen LogP contribution is -2.35. The normalized spacial score (nSPS) is 26.1. The van der Waals surface area contributed by atoms with E-state index in [2.05, 4.69) is 20.8 Å². The third kappa shape index (κ3) is 3.42. The van der Waals surface area contributed by atoms with Gasteiger partial charge in [0.1, 0.15) is 18.2 Å². The summed E-state index contributed by atoms with van der Waals surface area (Å²) in [6.45, 7) is 4.65. The van der Waals surface area contributed by atoms with Gasteiger partial charge in [0.25, 0.3) is 0 Å². The molecule has 1 aromatic carbocycles. The second-order valence-corrected chi connectivity index (χ2v) is 7.06. The summed E-state index contributed by atoms with van der Waals surface area (Å²) in [5.74, 6) is 0.926. The molecule has 28 heavy (non-hydrogen) atoms. The van der Waals surface area contributed by atoms with Crippen LogP contribution in [-0.4, -0.2) is 57.8 Å². The first-order chi connectivity index (χ1) is 13.6. The highest BCUT2D eigenvalue weighted by Gasteiger charge is 2.51. The summed E-state index contributed by atoms with van der Waals surface area (Å²) in [6, 6.07) is 8.46. The summed E-state index contributed by atoms with van der Waals surface area (Å²) in [6.07, 6.45) is -1.83. The van der Waals surface area contributed by atoms with Crippen LogP contribution < -0.4 is 5.32 Å². The number of aromatic nitrogens is 4. The minimum atomic E-state index is -0.623. The topological polar surface area (TPSA) is 124 Å². The number of ether oxygens (including phenoxy) is 3. The molecule has 0 unspecified atom stereocenters. The Morgan fingerprint density at radius 3 is 2.96 bits per heavy atom. The number of nitrogens with zero attached hydrogens (tertiary/aromatic N) is 5. The van der Waals surface area contributed by atoms with E-state index >= 15 is 0 Å². The van der Waals surface area contributed by atoms with Crippen molar-refractivity contribution in [2.75, 3.05) is 18.5 Å². The fraction of sp³-hybridized carbons (Fsp3) is 0.500. The maximum atomic E-state index is 12.2. The lowest BCUT2D eigenvalue weighted by atomic mass is 10.1. The number of amides is 1. The number of carbonyl (C=O) groups excluding carboxylic acids is 1. The van der Waals surface area contributed by atoms with Crippen LogP contribution in [0, 0.1) is 11.3 Å². The van der Waals surface area contributed by atoms with Gasteiger partial charge < -0.3 is 14.2 Å². The molecule has 0 spiro atoms. The molecule has 2 aromatic rings. The first-order valence-electron chi connectivity index (χ1n) is 9.05. The summed E-state index contributed by atoms with van der Waals surface area (Å²) in [5, 5.41) is 23.5. The van der Waals surface area contributed by atoms with Crippen LogP contribution in [0.1, 0.15) is 37.2 Å². The van der Waals surface area contributed by atoms with Crippen molar-refractivity contribution in [3.63, 3.8) is 0 Å². The maximum absolute atomic E-state index is 12.2. The molecule has 0 bridgehead atoms. The van der Waals surface area contributed by atoms with E-state index in [0.717, 1.165) is 5.82 Å². The quantitative estimate of drug-likeness (QED) is 0.843. The van der Waals surface area contributed by atoms with E-state index in [1.807, 2.05) is 19.9 Å². The van der Waals surface area contributed by atoms with Crippen LogP contribution in [0.25, 0.3) is 0 Å². The first kappa shape index (κ1) is 18.3. The van der Waals surface area contributed by atoms with Gasteiger partial charge in [0.15, 0.2) is 11.9 Å². The Balaban J connectivity index is 1.40. The average molecular weight is 384 g/mol. The molecule has 10 nitrogen and oxygen atoms in total. The van der Waals surface area contributed by atoms with Crippen molar-refractivity contribution in [1.29, 1.82) is 5.26 Å². The Labute approximate surface area is 161 Å². The Kier molecular flexibility index (Phi) is 4.93. The predicted molar refractivity (Wildman–Crippen MR) is 95.5 cm³/mol. The number of hydrogen-bond donors (Lipinski definition) is 1. The molecule has 10 heteroatoms. The van der Waals surface area contributed by atoms with Gasteiger partial charge in [-0.1, -0.05) is 19.9 Å². The molecule has 2 aliphatic heterocycles. The molecule has 1 N–H and O–H groups in total. The smallest absolute Gasteiger partial charge is 0.412 e. The van der Waals surface area contributed by atoms with Gasteiger partial charge in [-0.25, -0.2) is 9.48 Å². The molecule has 2 saturated heterocycles. The lowest BCUT2D eigenvalue weighted by molar-refractivity contribution is 0.00763. The van der Waals surface area contributed by atoms with Crippen molar-refractivity contribution in [2.45, 2.75) is 44.1 Å². The van der Waals surface area contributed by atoms with E-state index in [-0.39, 0.29) is 30.8 Å². The standard InChI is InChI=1S/C18H20N6O4/c1-10(2)17-21-22-23-24(17)13-8-26-16-14(9-27-15(13)16)28-18(25)20-12-5-3-4-11(6-12)7-19/h3-6,10,13-16H,8-9H2,1-2H3,(H,20,25)/t13-,14+,15+,16+/m0/s1. The highest BCUT2D eigenvalue weighted by atomic mass is 16.6. The summed E-state index contributed by atoms with van der Waals surface area (Å²) in [4.78, 5) is 12.2. The maximum Gasteiger partial charge on any atom is 0.412 e. The van der Waals surface area contributed by atoms with Crippen LogP contribution in [0.4, 0.5) is 10.5 Å². The predicted octanol–water partition coefficient (Wildman–Crippen LogP) is 1.62. The van der Waals surface area contributed by atoms with Gasteiger partial charge in [-0.15, -0.1) is 5.10 Å². The lowest BCUT2D eigenvalue weighted by Gasteiger charge is -2.18. The Hall–Kier alpha value is -3.03. The molecule has 2 fully saturated rings. The van der Waals surface area contributed by atoms with Crippen LogP contribution in [0.3, 0.4) is 0 Å². The molecule has 4 rings (SSSR count). The van der Waals surface area contributed by atoms with Gasteiger partial charge in [0.05, 0.1) is 24.8 Å². The molecule has 1 amide bonds. The zero-order valence-electron chi connectivity index (χ0n) is 15.5. The summed E-state index contributed by atoms with van der Waals surface area (Å²) in [5.41, 5.74) is 0.937. The highest BCUT2D eigenvalue weighted by molar-refractivity contribution is 5.85. The minimum Gasteiger partial charge on any atom is -0.441 e. The summed E-state index contributed by atoms with van der Waals surface area (Å²) in [7, 11) is 0. The van der Waals surface area contributed by atoms with Crippen LogP contribution in [0.5, 0.6) is 0 Å². The monoisotopic (exact) mass is 384 g/mol. The number of anilines is 1. The number of rotatable bonds is 4. The number of hydrogen-bond acceptors (Lipinski definition) is 8. The zero-order valence-corrected chi connectivity index (χ0v) is 15.5. The molecule has 146 valence electrons. The van der Waals surface area contributed by atoms with Crippen molar-refractivity contribution in [3.05, 3.63) is 35.7 Å². The van der Waals surface area contributed by atoms with Crippen molar-refractivity contribution in [3.8, 4) is 6.07 Å². The van der Waals surface area contributed by atoms with Gasteiger partial charge in [0, 0.05) is 11.6 Å². The van der Waals surface area contributed by atoms with Gasteiger partial charge in [-0.05, 0) is 28.6 Å². The molecule has 4 atom stereocenters. The van der Waals surface area contributed by atoms with Crippen molar-refractivity contribution in [2.24, 2.45) is 0 Å². The molecule has 3 heterocycles. The van der Waals surface area contributed by atoms with Gasteiger partial charge >= 0.3 is 6.09 Å². The first-order valence-corrected chi connectivity index (χ1v) is 9.05. The second kappa shape index (κ2) is 7.53. The largest absolute Gasteiger partial charge is 0.441 e. The van der Waals surface area contributed by atoms with Crippen LogP contribution in [0.15, 0.2) is 24.3 Å². The number of tetrazole rings is 1. The Morgan fingerprint density at radius 1 is 1.36 bits per heavy atom. The fourth-order valence-corrected chi connectivity index (χ4v) is 3.52. The summed E-state index contributed by atoms with van der Waals surface area (Å²) >= 11 is 0. The Morgan fingerprint density at radius 2 is 2.18 bits per heavy atom. The SMILES string of the molecule is CC(C)c1nnnn1[C@H]1CO[C@H]2[C@@H]1OC[C@H]2OC(=O)Nc1cccc(C#N)c1. The minimum absolute atomic E-state index is 0.164. The molecule has 0 saturated carbocycles. The molecule has 2 aliphatic rings. The number of carbonyl (C=O) groups is 1. The number of fused-ring (bicyclic) bond motifs is 1. The molecule has 0 aliphatic carbocycles. The van der Waals surface area contributed by atoms with Crippen LogP contribution in [0.2, 0.25) is 0 Å². The number of benzene rings is 1. The van der Waals surface area contributed by atoms with Crippen molar-refractivity contribution >= 4 is 11.8 Å². The van der Waals surface area contributed by atoms with Gasteiger partial charge in [0.2, 0.25) is 0 Å². The second-order valence-electron chi connectivity index (χ2n) is 7.06. The van der Waals surface area contributed by atoms with E-state index in [1.165, 1.54) is 0 Å². The van der Waals surface area contributed by atoms with Gasteiger partial charge in [-0.3, -0.25) is 5.32 Å². The van der Waals surface area contributed by atoms with E-state index in [1.54, 1.807) is 28.9 Å². The molecular formula is C18H20N6O4. The fourth-order valence-electron chi connectivity index (χ4n) is 3.52. The highest BCUT2D eigenvalue weighted by Crippen LogP contribution is 2.36. The third-order valence-corrected chi connectivity index (χ3v) is 4.83. The molecule has 1 aromatic heterocycles. The molecular weight excluding hydrogens is 364 g/mol. The van der Waals surface area contributed by atoms with Gasteiger partial charge in [-0.2, -0.15) is 5.26 Å². The van der Waals surface area contributed by atoms with Crippen LogP contribution in [-0.2, 0) is 14.2 Å². The zero-order chi connectivity index (χ0) is 19.7. The third-order valence-electron chi connectivity index (χ3n) is 4.83. The average Bonchev–Trinajstić information content (AvgIpc) is 3.38. The van der Waals surface area contributed by atoms with Crippen molar-refractivity contribution in [1.82, 2.24) is 20.2 Å². The van der Waals surface area contributed by atoms with Crippen molar-refractivity contribution < 1.29 is 19.0 Å². The van der Waals surface area contributed by atoms with E-state index in [9.17, 15) is 4.79 Å². The van der Waals surface area contributed by atoms with E-state index in [0.29, 0.717) is 17.9 Å². The van der Waals surface area contributed by atoms with E-state index < -0.39 is 12.2 Å². The van der Waals surface area contributed by atoms with E-state index in [4.69, 9.17) is 19.5 Å². The molecule has 0 radical (unpaired) electrons. The summed E-state index contributed by atoms with van der Waals surface area (Å²) < 4.78 is 19.0. The van der Waals surface area contributed by atoms with Crippen LogP contribution >= 0.6 is 0 Å². The Bertz CT molecular complexity index is 907. The number of nitrogens with one attached hydrogen (secondary N) is 1.